The lowest BCUT2D eigenvalue weighted by Gasteiger charge is -2.10. The first-order chi connectivity index (χ1) is 16.1. The molecule has 0 saturated heterocycles. The summed E-state index contributed by atoms with van der Waals surface area (Å²) >= 11 is 0. The van der Waals surface area contributed by atoms with Gasteiger partial charge in [0.1, 0.15) is 30.5 Å². The summed E-state index contributed by atoms with van der Waals surface area (Å²) in [6.45, 7) is 0.617. The molecular weight excluding hydrogens is 422 g/mol. The second-order valence-electron chi connectivity index (χ2n) is 7.32. The monoisotopic (exact) mass is 447 g/mol. The molecule has 0 aliphatic carbocycles. The number of carbonyl (C=O) groups excluding carboxylic acids is 1. The molecule has 0 aliphatic rings. The number of anilines is 1. The highest BCUT2D eigenvalue weighted by molar-refractivity contribution is 6.00. The number of nitrogens with one attached hydrogen (secondary N) is 2. The zero-order chi connectivity index (χ0) is 23.0. The molecule has 0 radical (unpaired) electrons. The number of carbonyl (C=O) groups is 1. The van der Waals surface area contributed by atoms with E-state index in [0.29, 0.717) is 36.3 Å². The molecule has 8 nitrogen and oxygen atoms in total. The maximum absolute atomic E-state index is 12.3. The quantitative estimate of drug-likeness (QED) is 0.376. The van der Waals surface area contributed by atoms with E-state index in [-0.39, 0.29) is 12.5 Å². The molecule has 0 saturated carbocycles. The van der Waals surface area contributed by atoms with Crippen LogP contribution in [0.1, 0.15) is 11.1 Å². The smallest absolute Gasteiger partial charge is 0.251 e. The summed E-state index contributed by atoms with van der Waals surface area (Å²) in [6, 6.07) is 20.8. The molecule has 1 aromatic heterocycles. The number of hydrogen-bond donors (Lipinski definition) is 2. The summed E-state index contributed by atoms with van der Waals surface area (Å²) in [6.07, 6.45) is 0. The molecule has 0 atom stereocenters. The topological polar surface area (TPSA) is 94.7 Å². The molecule has 1 amide bonds. The number of fused-ring (bicyclic) bond motifs is 1. The van der Waals surface area contributed by atoms with Crippen molar-refractivity contribution in [1.82, 2.24) is 10.2 Å². The Balaban J connectivity index is 1.38. The van der Waals surface area contributed by atoms with Crippen molar-refractivity contribution in [3.63, 3.8) is 0 Å². The van der Waals surface area contributed by atoms with Crippen molar-refractivity contribution in [2.45, 2.75) is 13.2 Å². The third-order valence-electron chi connectivity index (χ3n) is 4.95. The SMILES string of the molecule is COc1cc(COc2ccc3[nH]nc(NC(=O)COCc4ccccc4)c3c2)cc(OC)c1. The van der Waals surface area contributed by atoms with Crippen LogP contribution in [0.5, 0.6) is 17.2 Å². The summed E-state index contributed by atoms with van der Waals surface area (Å²) in [7, 11) is 3.21. The van der Waals surface area contributed by atoms with Crippen molar-refractivity contribution in [3.8, 4) is 17.2 Å². The molecule has 2 N–H and O–H groups in total. The third-order valence-corrected chi connectivity index (χ3v) is 4.95. The molecule has 0 spiro atoms. The fourth-order valence-electron chi connectivity index (χ4n) is 3.30. The molecule has 0 unspecified atom stereocenters. The van der Waals surface area contributed by atoms with Crippen molar-refractivity contribution in [3.05, 3.63) is 77.9 Å². The molecule has 0 fully saturated rings. The van der Waals surface area contributed by atoms with Crippen molar-refractivity contribution in [1.29, 1.82) is 0 Å². The van der Waals surface area contributed by atoms with Crippen LogP contribution in [0.3, 0.4) is 0 Å². The zero-order valence-electron chi connectivity index (χ0n) is 18.5. The lowest BCUT2D eigenvalue weighted by Crippen LogP contribution is -2.18. The molecule has 170 valence electrons. The zero-order valence-corrected chi connectivity index (χ0v) is 18.5. The second kappa shape index (κ2) is 10.5. The first-order valence-corrected chi connectivity index (χ1v) is 10.4. The van der Waals surface area contributed by atoms with Crippen LogP contribution < -0.4 is 19.5 Å². The summed E-state index contributed by atoms with van der Waals surface area (Å²) < 4.78 is 22.1. The van der Waals surface area contributed by atoms with Crippen molar-refractivity contribution in [2.24, 2.45) is 0 Å². The Morgan fingerprint density at radius 2 is 1.64 bits per heavy atom. The Hall–Kier alpha value is -4.04. The van der Waals surface area contributed by atoms with Crippen molar-refractivity contribution >= 4 is 22.6 Å². The van der Waals surface area contributed by atoms with Crippen LogP contribution in [-0.2, 0) is 22.7 Å². The Labute approximate surface area is 191 Å². The minimum Gasteiger partial charge on any atom is -0.497 e. The van der Waals surface area contributed by atoms with Crippen LogP contribution in [0.2, 0.25) is 0 Å². The maximum atomic E-state index is 12.3. The first-order valence-electron chi connectivity index (χ1n) is 10.4. The number of nitrogens with zero attached hydrogens (tertiary/aromatic N) is 1. The van der Waals surface area contributed by atoms with Crippen LogP contribution in [0, 0.1) is 0 Å². The van der Waals surface area contributed by atoms with Gasteiger partial charge >= 0.3 is 0 Å². The van der Waals surface area contributed by atoms with Gasteiger partial charge in [-0.15, -0.1) is 0 Å². The lowest BCUT2D eigenvalue weighted by atomic mass is 10.2. The highest BCUT2D eigenvalue weighted by Crippen LogP contribution is 2.27. The predicted molar refractivity (Wildman–Crippen MR) is 125 cm³/mol. The minimum absolute atomic E-state index is 0.0723. The molecule has 4 aromatic rings. The largest absolute Gasteiger partial charge is 0.497 e. The van der Waals surface area contributed by atoms with Gasteiger partial charge in [-0.3, -0.25) is 9.89 Å². The van der Waals surface area contributed by atoms with Gasteiger partial charge in [-0.05, 0) is 41.5 Å². The van der Waals surface area contributed by atoms with Gasteiger partial charge in [-0.25, -0.2) is 0 Å². The number of aromatic amines is 1. The third kappa shape index (κ3) is 5.81. The summed E-state index contributed by atoms with van der Waals surface area (Å²) in [5.41, 5.74) is 2.69. The molecule has 8 heteroatoms. The Morgan fingerprint density at radius 1 is 0.879 bits per heavy atom. The minimum atomic E-state index is -0.283. The van der Waals surface area contributed by atoms with E-state index >= 15 is 0 Å². The molecule has 0 bridgehead atoms. The van der Waals surface area contributed by atoms with Crippen LogP contribution in [0.15, 0.2) is 66.7 Å². The average Bonchev–Trinajstić information content (AvgIpc) is 3.25. The van der Waals surface area contributed by atoms with Gasteiger partial charge in [0.05, 0.1) is 26.3 Å². The number of methoxy groups -OCH3 is 2. The fraction of sp³-hybridized carbons (Fsp3) is 0.200. The van der Waals surface area contributed by atoms with E-state index < -0.39 is 0 Å². The normalized spacial score (nSPS) is 10.7. The van der Waals surface area contributed by atoms with E-state index in [1.54, 1.807) is 20.3 Å². The van der Waals surface area contributed by atoms with Gasteiger partial charge in [0.15, 0.2) is 5.82 Å². The van der Waals surface area contributed by atoms with E-state index in [1.807, 2.05) is 60.7 Å². The molecular formula is C25H25N3O5. The predicted octanol–water partition coefficient (Wildman–Crippen LogP) is 4.31. The summed E-state index contributed by atoms with van der Waals surface area (Å²) in [5.74, 6) is 2.16. The first kappa shape index (κ1) is 22.2. The molecule has 33 heavy (non-hydrogen) atoms. The van der Waals surface area contributed by atoms with E-state index in [0.717, 1.165) is 22.0 Å². The second-order valence-corrected chi connectivity index (χ2v) is 7.32. The summed E-state index contributed by atoms with van der Waals surface area (Å²) in [5, 5.41) is 10.6. The average molecular weight is 447 g/mol. The van der Waals surface area contributed by atoms with Gasteiger partial charge in [-0.1, -0.05) is 30.3 Å². The van der Waals surface area contributed by atoms with Crippen molar-refractivity contribution in [2.75, 3.05) is 26.1 Å². The molecule has 4 rings (SSSR count). The highest BCUT2D eigenvalue weighted by Gasteiger charge is 2.11. The number of amides is 1. The van der Waals surface area contributed by atoms with E-state index in [4.69, 9.17) is 18.9 Å². The molecule has 0 aliphatic heterocycles. The number of H-pyrrole nitrogens is 1. The molecule has 1 heterocycles. The summed E-state index contributed by atoms with van der Waals surface area (Å²) in [4.78, 5) is 12.3. The Morgan fingerprint density at radius 3 is 2.36 bits per heavy atom. The maximum Gasteiger partial charge on any atom is 0.251 e. The van der Waals surface area contributed by atoms with Gasteiger partial charge in [0.2, 0.25) is 0 Å². The van der Waals surface area contributed by atoms with Crippen LogP contribution in [-0.4, -0.2) is 36.9 Å². The number of benzene rings is 3. The van der Waals surface area contributed by atoms with Crippen LogP contribution in [0.4, 0.5) is 5.82 Å². The fourth-order valence-corrected chi connectivity index (χ4v) is 3.30. The number of hydrogen-bond acceptors (Lipinski definition) is 6. The lowest BCUT2D eigenvalue weighted by molar-refractivity contribution is -0.121. The van der Waals surface area contributed by atoms with E-state index in [2.05, 4.69) is 15.5 Å². The van der Waals surface area contributed by atoms with E-state index in [9.17, 15) is 4.79 Å². The number of rotatable bonds is 10. The number of aromatic nitrogens is 2. The van der Waals surface area contributed by atoms with Gasteiger partial charge in [0.25, 0.3) is 5.91 Å². The Kier molecular flexibility index (Phi) is 7.06. The Bertz CT molecular complexity index is 1200. The van der Waals surface area contributed by atoms with E-state index in [1.165, 1.54) is 0 Å². The number of ether oxygens (including phenoxy) is 4. The van der Waals surface area contributed by atoms with Gasteiger partial charge < -0.3 is 24.3 Å². The van der Waals surface area contributed by atoms with Crippen molar-refractivity contribution < 1.29 is 23.7 Å². The van der Waals surface area contributed by atoms with Gasteiger partial charge in [0, 0.05) is 11.5 Å². The highest BCUT2D eigenvalue weighted by atomic mass is 16.5. The van der Waals surface area contributed by atoms with Crippen LogP contribution >= 0.6 is 0 Å². The molecule has 3 aromatic carbocycles. The van der Waals surface area contributed by atoms with Crippen LogP contribution in [0.25, 0.3) is 10.9 Å². The standard InChI is InChI=1S/C25H25N3O5/c1-30-20-10-18(11-21(12-20)31-2)15-33-19-8-9-23-22(13-19)25(28-27-23)26-24(29)16-32-14-17-6-4-3-5-7-17/h3-13H,14-16H2,1-2H3,(H2,26,27,28,29). The van der Waals surface area contributed by atoms with Gasteiger partial charge in [-0.2, -0.15) is 5.10 Å².